The number of carbonyl (C=O) groups excluding carboxylic acids is 1. The van der Waals surface area contributed by atoms with Crippen LogP contribution in [0.4, 0.5) is 14.9 Å². The van der Waals surface area contributed by atoms with Crippen LogP contribution in [0.2, 0.25) is 0 Å². The smallest absolute Gasteiger partial charge is 0.315 e. The van der Waals surface area contributed by atoms with Gasteiger partial charge >= 0.3 is 6.03 Å². The maximum Gasteiger partial charge on any atom is 0.323 e. The summed E-state index contributed by atoms with van der Waals surface area (Å²) < 4.78 is 12.8. The summed E-state index contributed by atoms with van der Waals surface area (Å²) >= 11 is 0. The average molecular weight is 236 g/mol. The van der Waals surface area contributed by atoms with Gasteiger partial charge in [-0.1, -0.05) is 32.9 Å². The lowest BCUT2D eigenvalue weighted by Crippen LogP contribution is -2.24. The summed E-state index contributed by atoms with van der Waals surface area (Å²) in [6, 6.07) is 5.35. The van der Waals surface area contributed by atoms with Crippen LogP contribution in [0.3, 0.4) is 0 Å². The molecule has 0 bridgehead atoms. The SMILES string of the molecule is CC(C)(C)/C=C/NC(=O)Nc1cccc(F)c1. The van der Waals surface area contributed by atoms with Crippen molar-refractivity contribution in [2.75, 3.05) is 5.32 Å². The number of allylic oxidation sites excluding steroid dienone is 1. The quantitative estimate of drug-likeness (QED) is 0.810. The second-order valence-corrected chi connectivity index (χ2v) is 4.81. The third kappa shape index (κ3) is 5.70. The number of urea groups is 1. The molecule has 0 atom stereocenters. The molecule has 0 aromatic heterocycles. The topological polar surface area (TPSA) is 41.1 Å². The fraction of sp³-hybridized carbons (Fsp3) is 0.308. The number of benzene rings is 1. The Labute approximate surface area is 101 Å². The highest BCUT2D eigenvalue weighted by atomic mass is 19.1. The highest BCUT2D eigenvalue weighted by molar-refractivity contribution is 5.89. The fourth-order valence-electron chi connectivity index (χ4n) is 1.10. The van der Waals surface area contributed by atoms with E-state index < -0.39 is 6.03 Å². The van der Waals surface area contributed by atoms with Crippen molar-refractivity contribution >= 4 is 11.7 Å². The number of hydrogen-bond donors (Lipinski definition) is 2. The fourth-order valence-corrected chi connectivity index (χ4v) is 1.10. The van der Waals surface area contributed by atoms with Gasteiger partial charge in [-0.25, -0.2) is 9.18 Å². The number of hydrogen-bond acceptors (Lipinski definition) is 1. The molecule has 92 valence electrons. The second-order valence-electron chi connectivity index (χ2n) is 4.81. The van der Waals surface area contributed by atoms with Gasteiger partial charge in [-0.15, -0.1) is 0 Å². The van der Waals surface area contributed by atoms with E-state index in [1.165, 1.54) is 18.2 Å². The van der Waals surface area contributed by atoms with Crippen LogP contribution in [0, 0.1) is 11.2 Å². The van der Waals surface area contributed by atoms with Gasteiger partial charge in [0.15, 0.2) is 0 Å². The minimum Gasteiger partial charge on any atom is -0.315 e. The molecule has 1 rings (SSSR count). The van der Waals surface area contributed by atoms with Gasteiger partial charge in [-0.3, -0.25) is 0 Å². The van der Waals surface area contributed by atoms with Gasteiger partial charge in [-0.2, -0.15) is 0 Å². The van der Waals surface area contributed by atoms with Gasteiger partial charge in [-0.05, 0) is 23.6 Å². The van der Waals surface area contributed by atoms with Gasteiger partial charge in [0, 0.05) is 11.9 Å². The Kier molecular flexibility index (Phi) is 4.26. The molecule has 3 nitrogen and oxygen atoms in total. The Balaban J connectivity index is 2.48. The predicted octanol–water partition coefficient (Wildman–Crippen LogP) is 3.51. The molecule has 0 saturated carbocycles. The summed E-state index contributed by atoms with van der Waals surface area (Å²) in [6.45, 7) is 6.07. The Morgan fingerprint density at radius 2 is 2.06 bits per heavy atom. The van der Waals surface area contributed by atoms with Crippen LogP contribution < -0.4 is 10.6 Å². The Bertz CT molecular complexity index is 422. The van der Waals surface area contributed by atoms with Crippen molar-refractivity contribution in [2.24, 2.45) is 5.41 Å². The minimum atomic E-state index is -0.392. The summed E-state index contributed by atoms with van der Waals surface area (Å²) in [5.74, 6) is -0.381. The van der Waals surface area contributed by atoms with Crippen molar-refractivity contribution in [2.45, 2.75) is 20.8 Å². The number of rotatable bonds is 2. The summed E-state index contributed by atoms with van der Waals surface area (Å²) in [5.41, 5.74) is 0.429. The van der Waals surface area contributed by atoms with Crippen molar-refractivity contribution in [1.82, 2.24) is 5.32 Å². The third-order valence-electron chi connectivity index (χ3n) is 1.88. The molecule has 0 fully saturated rings. The minimum absolute atomic E-state index is 0.00609. The number of amides is 2. The molecule has 0 spiro atoms. The molecular formula is C13H17FN2O. The normalized spacial score (nSPS) is 11.5. The molecule has 0 aliphatic carbocycles. The first-order valence-electron chi connectivity index (χ1n) is 5.38. The third-order valence-corrected chi connectivity index (χ3v) is 1.88. The van der Waals surface area contributed by atoms with Crippen LogP contribution in [0.1, 0.15) is 20.8 Å². The molecule has 0 unspecified atom stereocenters. The van der Waals surface area contributed by atoms with Gasteiger partial charge in [0.2, 0.25) is 0 Å². The summed E-state index contributed by atoms with van der Waals surface area (Å²) in [5, 5.41) is 5.08. The molecule has 2 amide bonds. The Morgan fingerprint density at radius 3 is 2.65 bits per heavy atom. The predicted molar refractivity (Wildman–Crippen MR) is 67.1 cm³/mol. The van der Waals surface area contributed by atoms with E-state index in [0.29, 0.717) is 5.69 Å². The van der Waals surface area contributed by atoms with Crippen molar-refractivity contribution in [3.63, 3.8) is 0 Å². The zero-order valence-electron chi connectivity index (χ0n) is 10.3. The lowest BCUT2D eigenvalue weighted by atomic mass is 9.97. The van der Waals surface area contributed by atoms with Crippen molar-refractivity contribution in [3.05, 3.63) is 42.4 Å². The molecule has 0 aliphatic heterocycles. The first kappa shape index (κ1) is 13.2. The molecule has 0 saturated heterocycles. The average Bonchev–Trinajstić information content (AvgIpc) is 2.15. The highest BCUT2D eigenvalue weighted by Gasteiger charge is 2.04. The molecule has 0 heterocycles. The van der Waals surface area contributed by atoms with Crippen LogP contribution in [-0.2, 0) is 0 Å². The first-order chi connectivity index (χ1) is 7.87. The van der Waals surface area contributed by atoms with E-state index >= 15 is 0 Å². The first-order valence-corrected chi connectivity index (χ1v) is 5.38. The zero-order chi connectivity index (χ0) is 12.9. The summed E-state index contributed by atoms with van der Waals surface area (Å²) in [7, 11) is 0. The van der Waals surface area contributed by atoms with E-state index in [9.17, 15) is 9.18 Å². The molecule has 0 aliphatic rings. The molecule has 2 N–H and O–H groups in total. The summed E-state index contributed by atoms with van der Waals surface area (Å²) in [4.78, 5) is 11.4. The monoisotopic (exact) mass is 236 g/mol. The zero-order valence-corrected chi connectivity index (χ0v) is 10.3. The maximum absolute atomic E-state index is 12.8. The van der Waals surface area contributed by atoms with E-state index in [1.54, 1.807) is 12.3 Å². The number of nitrogens with one attached hydrogen (secondary N) is 2. The molecular weight excluding hydrogens is 219 g/mol. The number of halogens is 1. The van der Waals surface area contributed by atoms with Gasteiger partial charge in [0.25, 0.3) is 0 Å². The maximum atomic E-state index is 12.8. The second kappa shape index (κ2) is 5.48. The molecule has 0 radical (unpaired) electrons. The van der Waals surface area contributed by atoms with Crippen LogP contribution in [0.25, 0.3) is 0 Å². The van der Waals surface area contributed by atoms with Gasteiger partial charge < -0.3 is 10.6 Å². The standard InChI is InChI=1S/C13H17FN2O/c1-13(2,3)7-8-15-12(17)16-11-6-4-5-10(14)9-11/h4-9H,1-3H3,(H2,15,16,17)/b8-7+. The van der Waals surface area contributed by atoms with E-state index in [2.05, 4.69) is 10.6 Å². The summed E-state index contributed by atoms with van der Waals surface area (Å²) in [6.07, 6.45) is 3.45. The van der Waals surface area contributed by atoms with E-state index in [0.717, 1.165) is 0 Å². The molecule has 4 heteroatoms. The van der Waals surface area contributed by atoms with Crippen LogP contribution in [0.15, 0.2) is 36.5 Å². The van der Waals surface area contributed by atoms with Gasteiger partial charge in [0.1, 0.15) is 5.82 Å². The Morgan fingerprint density at radius 1 is 1.35 bits per heavy atom. The number of anilines is 1. The highest BCUT2D eigenvalue weighted by Crippen LogP contribution is 2.13. The van der Waals surface area contributed by atoms with Crippen molar-refractivity contribution < 1.29 is 9.18 Å². The number of carbonyl (C=O) groups is 1. The van der Waals surface area contributed by atoms with E-state index in [1.807, 2.05) is 26.8 Å². The van der Waals surface area contributed by atoms with Crippen molar-refractivity contribution in [1.29, 1.82) is 0 Å². The van der Waals surface area contributed by atoms with Crippen LogP contribution in [-0.4, -0.2) is 6.03 Å². The Hall–Kier alpha value is -1.84. The van der Waals surface area contributed by atoms with E-state index in [-0.39, 0.29) is 11.2 Å². The van der Waals surface area contributed by atoms with Crippen molar-refractivity contribution in [3.8, 4) is 0 Å². The van der Waals surface area contributed by atoms with Crippen LogP contribution in [0.5, 0.6) is 0 Å². The van der Waals surface area contributed by atoms with E-state index in [4.69, 9.17) is 0 Å². The molecule has 1 aromatic rings. The lowest BCUT2D eigenvalue weighted by Gasteiger charge is -2.11. The lowest BCUT2D eigenvalue weighted by molar-refractivity contribution is 0.255. The van der Waals surface area contributed by atoms with Gasteiger partial charge in [0.05, 0.1) is 0 Å². The van der Waals surface area contributed by atoms with Crippen LogP contribution >= 0.6 is 0 Å². The largest absolute Gasteiger partial charge is 0.323 e. The molecule has 17 heavy (non-hydrogen) atoms. The molecule has 1 aromatic carbocycles.